The lowest BCUT2D eigenvalue weighted by Crippen LogP contribution is -2.11. The topological polar surface area (TPSA) is 47.1 Å². The van der Waals surface area contributed by atoms with E-state index in [1.807, 2.05) is 0 Å². The summed E-state index contributed by atoms with van der Waals surface area (Å²) in [6, 6.07) is 3.90. The van der Waals surface area contributed by atoms with Crippen LogP contribution in [0, 0.1) is 11.6 Å². The van der Waals surface area contributed by atoms with Crippen LogP contribution in [0.5, 0.6) is 0 Å². The number of rotatable bonds is 2. The fourth-order valence-corrected chi connectivity index (χ4v) is 1.72. The number of aryl methyl sites for hydroxylation is 1. The number of anilines is 2. The fourth-order valence-electron chi connectivity index (χ4n) is 1.72. The molecule has 0 aliphatic carbocycles. The van der Waals surface area contributed by atoms with Crippen molar-refractivity contribution in [2.45, 2.75) is 0 Å². The molecule has 0 saturated carbocycles. The molecule has 0 radical (unpaired) electrons. The molecule has 1 aromatic heterocycles. The van der Waals surface area contributed by atoms with Crippen molar-refractivity contribution in [2.24, 2.45) is 7.05 Å². The zero-order chi connectivity index (χ0) is 13.4. The molecule has 0 fully saturated rings. The molecular weight excluding hydrogens is 238 g/mol. The van der Waals surface area contributed by atoms with Crippen molar-refractivity contribution in [1.82, 2.24) is 9.78 Å². The molecule has 18 heavy (non-hydrogen) atoms. The third kappa shape index (κ3) is 2.01. The largest absolute Gasteiger partial charge is 0.384 e. The average Bonchev–Trinajstić information content (AvgIpc) is 2.62. The van der Waals surface area contributed by atoms with E-state index in [1.54, 1.807) is 32.1 Å². The monoisotopic (exact) mass is 252 g/mol. The molecule has 2 aromatic rings. The van der Waals surface area contributed by atoms with Crippen LogP contribution >= 0.6 is 0 Å². The molecule has 2 N–H and O–H groups in total. The maximum Gasteiger partial charge on any atom is 0.160 e. The second kappa shape index (κ2) is 4.29. The van der Waals surface area contributed by atoms with Crippen molar-refractivity contribution in [3.05, 3.63) is 29.8 Å². The number of benzene rings is 1. The fraction of sp³-hybridized carbons (Fsp3) is 0.250. The van der Waals surface area contributed by atoms with Gasteiger partial charge in [0.2, 0.25) is 0 Å². The molecule has 0 amide bonds. The molecule has 0 spiro atoms. The van der Waals surface area contributed by atoms with Crippen LogP contribution in [0.1, 0.15) is 0 Å². The predicted molar refractivity (Wildman–Crippen MR) is 67.3 cm³/mol. The summed E-state index contributed by atoms with van der Waals surface area (Å²) in [4.78, 5) is 1.70. The lowest BCUT2D eigenvalue weighted by atomic mass is 10.1. The first kappa shape index (κ1) is 12.3. The molecule has 0 bridgehead atoms. The van der Waals surface area contributed by atoms with Crippen molar-refractivity contribution in [2.75, 3.05) is 24.7 Å². The van der Waals surface area contributed by atoms with Gasteiger partial charge in [0.15, 0.2) is 11.6 Å². The van der Waals surface area contributed by atoms with Gasteiger partial charge >= 0.3 is 0 Å². The Morgan fingerprint density at radius 1 is 1.17 bits per heavy atom. The molecule has 0 saturated heterocycles. The first-order valence-electron chi connectivity index (χ1n) is 5.36. The zero-order valence-electron chi connectivity index (χ0n) is 10.4. The summed E-state index contributed by atoms with van der Waals surface area (Å²) in [5.74, 6) is -1.33. The molecule has 2 rings (SSSR count). The van der Waals surface area contributed by atoms with E-state index >= 15 is 0 Å². The standard InChI is InChI=1S/C12H14F2N4/c1-17(2)11-5-9(14)8(13)4-7(11)10-6-12(15)18(3)16-10/h4-6H,15H2,1-3H3. The smallest absolute Gasteiger partial charge is 0.160 e. The van der Waals surface area contributed by atoms with Gasteiger partial charge in [-0.05, 0) is 6.07 Å². The van der Waals surface area contributed by atoms with Crippen LogP contribution in [-0.4, -0.2) is 23.9 Å². The number of nitrogen functional groups attached to an aromatic ring is 1. The first-order valence-corrected chi connectivity index (χ1v) is 5.36. The van der Waals surface area contributed by atoms with E-state index in [2.05, 4.69) is 5.10 Å². The van der Waals surface area contributed by atoms with E-state index < -0.39 is 11.6 Å². The summed E-state index contributed by atoms with van der Waals surface area (Å²) in [5, 5.41) is 4.17. The van der Waals surface area contributed by atoms with Crippen molar-refractivity contribution < 1.29 is 8.78 Å². The zero-order valence-corrected chi connectivity index (χ0v) is 10.4. The number of nitrogens with zero attached hydrogens (tertiary/aromatic N) is 3. The summed E-state index contributed by atoms with van der Waals surface area (Å²) < 4.78 is 28.1. The summed E-state index contributed by atoms with van der Waals surface area (Å²) in [5.41, 5.74) is 7.26. The minimum Gasteiger partial charge on any atom is -0.384 e. The van der Waals surface area contributed by atoms with Crippen molar-refractivity contribution in [3.8, 4) is 11.3 Å². The maximum atomic E-state index is 13.4. The summed E-state index contributed by atoms with van der Waals surface area (Å²) in [6.45, 7) is 0. The molecule has 0 atom stereocenters. The molecule has 6 heteroatoms. The SMILES string of the molecule is CN(C)c1cc(F)c(F)cc1-c1cc(N)n(C)n1. The van der Waals surface area contributed by atoms with Crippen LogP contribution in [0.3, 0.4) is 0 Å². The van der Waals surface area contributed by atoms with Gasteiger partial charge in [0, 0.05) is 44.5 Å². The maximum absolute atomic E-state index is 13.4. The summed E-state index contributed by atoms with van der Waals surface area (Å²) in [6.07, 6.45) is 0. The highest BCUT2D eigenvalue weighted by molar-refractivity contribution is 5.77. The Labute approximate surface area is 104 Å². The van der Waals surface area contributed by atoms with Crippen LogP contribution in [0.15, 0.2) is 18.2 Å². The number of aromatic nitrogens is 2. The van der Waals surface area contributed by atoms with Crippen LogP contribution in [-0.2, 0) is 7.05 Å². The van der Waals surface area contributed by atoms with E-state index in [-0.39, 0.29) is 0 Å². The Hall–Kier alpha value is -2.11. The van der Waals surface area contributed by atoms with Gasteiger partial charge in [-0.1, -0.05) is 0 Å². The van der Waals surface area contributed by atoms with E-state index in [0.717, 1.165) is 12.1 Å². The lowest BCUT2D eigenvalue weighted by Gasteiger charge is -2.16. The average molecular weight is 252 g/mol. The Bertz CT molecular complexity index is 571. The van der Waals surface area contributed by atoms with E-state index in [9.17, 15) is 8.78 Å². The molecule has 0 aliphatic rings. The summed E-state index contributed by atoms with van der Waals surface area (Å²) >= 11 is 0. The second-order valence-electron chi connectivity index (χ2n) is 4.26. The first-order chi connectivity index (χ1) is 8.40. The molecule has 1 heterocycles. The van der Waals surface area contributed by atoms with Gasteiger partial charge in [-0.2, -0.15) is 5.10 Å². The highest BCUT2D eigenvalue weighted by Gasteiger charge is 2.15. The Kier molecular flexibility index (Phi) is 2.94. The number of nitrogens with two attached hydrogens (primary N) is 1. The third-order valence-electron chi connectivity index (χ3n) is 2.71. The lowest BCUT2D eigenvalue weighted by molar-refractivity contribution is 0.509. The molecule has 0 unspecified atom stereocenters. The molecule has 96 valence electrons. The van der Waals surface area contributed by atoms with Crippen LogP contribution in [0.2, 0.25) is 0 Å². The van der Waals surface area contributed by atoms with E-state index in [0.29, 0.717) is 22.8 Å². The Balaban J connectivity index is 2.65. The van der Waals surface area contributed by atoms with Gasteiger partial charge in [0.1, 0.15) is 5.82 Å². The summed E-state index contributed by atoms with van der Waals surface area (Å²) in [7, 11) is 5.19. The van der Waals surface area contributed by atoms with Gasteiger partial charge in [-0.15, -0.1) is 0 Å². The minimum atomic E-state index is -0.903. The van der Waals surface area contributed by atoms with Gasteiger partial charge in [-0.3, -0.25) is 4.68 Å². The minimum absolute atomic E-state index is 0.458. The number of hydrogen-bond acceptors (Lipinski definition) is 3. The van der Waals surface area contributed by atoms with Gasteiger partial charge in [0.05, 0.1) is 5.69 Å². The third-order valence-corrected chi connectivity index (χ3v) is 2.71. The number of halogens is 2. The van der Waals surface area contributed by atoms with Crippen molar-refractivity contribution in [3.63, 3.8) is 0 Å². The van der Waals surface area contributed by atoms with Gasteiger partial charge in [0.25, 0.3) is 0 Å². The van der Waals surface area contributed by atoms with Crippen LogP contribution in [0.4, 0.5) is 20.3 Å². The molecule has 1 aromatic carbocycles. The predicted octanol–water partition coefficient (Wildman–Crippen LogP) is 2.01. The van der Waals surface area contributed by atoms with Crippen molar-refractivity contribution >= 4 is 11.5 Å². The molecule has 0 aliphatic heterocycles. The second-order valence-corrected chi connectivity index (χ2v) is 4.26. The Morgan fingerprint density at radius 3 is 2.28 bits per heavy atom. The normalized spacial score (nSPS) is 10.7. The Morgan fingerprint density at radius 2 is 1.78 bits per heavy atom. The molecule has 4 nitrogen and oxygen atoms in total. The van der Waals surface area contributed by atoms with Crippen molar-refractivity contribution in [1.29, 1.82) is 0 Å². The van der Waals surface area contributed by atoms with Crippen LogP contribution in [0.25, 0.3) is 11.3 Å². The van der Waals surface area contributed by atoms with Gasteiger partial charge < -0.3 is 10.6 Å². The van der Waals surface area contributed by atoms with E-state index in [1.165, 1.54) is 4.68 Å². The number of hydrogen-bond donors (Lipinski definition) is 1. The highest BCUT2D eigenvalue weighted by Crippen LogP contribution is 2.31. The highest BCUT2D eigenvalue weighted by atomic mass is 19.2. The van der Waals surface area contributed by atoms with Gasteiger partial charge in [-0.25, -0.2) is 8.78 Å². The van der Waals surface area contributed by atoms with E-state index in [4.69, 9.17) is 5.73 Å². The quantitative estimate of drug-likeness (QED) is 0.889. The van der Waals surface area contributed by atoms with Crippen LogP contribution < -0.4 is 10.6 Å². The molecular formula is C12H14F2N4.